The Hall–Kier alpha value is -8.12. The van der Waals surface area contributed by atoms with Crippen LogP contribution in [0.3, 0.4) is 0 Å². The maximum atomic E-state index is 9.99. The van der Waals surface area contributed by atoms with Crippen molar-refractivity contribution < 1.29 is 0 Å². The van der Waals surface area contributed by atoms with Crippen molar-refractivity contribution in [3.8, 4) is 12.1 Å². The number of hydrogen-bond acceptors (Lipinski definition) is 4. The van der Waals surface area contributed by atoms with Crippen LogP contribution in [-0.2, 0) is 0 Å². The molecule has 2 heterocycles. The summed E-state index contributed by atoms with van der Waals surface area (Å²) in [5.74, 6) is 0. The van der Waals surface area contributed by atoms with Gasteiger partial charge in [-0.05, 0) is 132 Å². The molecule has 0 aliphatic heterocycles. The number of nitrogens with zero attached hydrogens (tertiary/aromatic N) is 5. The minimum Gasteiger partial charge on any atom is -0.310 e. The third-order valence-electron chi connectivity index (χ3n) is 11.8. The third-order valence-corrected chi connectivity index (χ3v) is 11.8. The average Bonchev–Trinajstić information content (AvgIpc) is 3.80. The topological polar surface area (TPSA) is 58.5 Å². The summed E-state index contributed by atoms with van der Waals surface area (Å²) in [6.45, 7) is 4.20. The van der Waals surface area contributed by atoms with Crippen LogP contribution in [0.2, 0.25) is 0 Å². The largest absolute Gasteiger partial charge is 0.310 e. The molecular formula is C54H35N5. The molecule has 0 radical (unpaired) electrons. The van der Waals surface area contributed by atoms with E-state index in [4.69, 9.17) is 0 Å². The summed E-state index contributed by atoms with van der Waals surface area (Å²) in [4.78, 5) is 4.53. The molecule has 0 saturated heterocycles. The van der Waals surface area contributed by atoms with Crippen molar-refractivity contribution in [1.29, 1.82) is 10.5 Å². The van der Waals surface area contributed by atoms with Crippen molar-refractivity contribution in [2.45, 2.75) is 13.8 Å². The van der Waals surface area contributed by atoms with Crippen molar-refractivity contribution in [3.05, 3.63) is 198 Å². The first-order valence-electron chi connectivity index (χ1n) is 19.8. The third kappa shape index (κ3) is 5.37. The lowest BCUT2D eigenvalue weighted by atomic mass is 9.99. The summed E-state index contributed by atoms with van der Waals surface area (Å²) in [6, 6.07) is 66.6. The highest BCUT2D eigenvalue weighted by atomic mass is 15.2. The molecular weight excluding hydrogens is 719 g/mol. The van der Waals surface area contributed by atoms with E-state index in [1.165, 1.54) is 49.0 Å². The van der Waals surface area contributed by atoms with E-state index >= 15 is 0 Å². The number of rotatable bonds is 6. The molecule has 276 valence electrons. The molecule has 0 fully saturated rings. The number of benzene rings is 9. The molecule has 5 nitrogen and oxygen atoms in total. The normalized spacial score (nSPS) is 11.5. The Morgan fingerprint density at radius 3 is 1.71 bits per heavy atom. The minimum absolute atomic E-state index is 0.613. The highest BCUT2D eigenvalue weighted by Gasteiger charge is 2.26. The standard InChI is InChI=1S/C54H35N5/c1-34-13-19-41(20-14-34)57(43-10-5-7-36(27-43)32-55)45-23-17-39-30-48-47-24-26-50(58(42-21-15-35(2)16-22-42)44-11-6-8-37(28-44)33-56)53-52-46-12-4-3-9-38(46)18-25-49(52)59(54(47)53)51(48)31-40(39)29-45/h3-31H,1-2H3. The Morgan fingerprint density at radius 1 is 0.407 bits per heavy atom. The van der Waals surface area contributed by atoms with Crippen LogP contribution in [0.1, 0.15) is 22.3 Å². The average molecular weight is 754 g/mol. The Morgan fingerprint density at radius 2 is 1.02 bits per heavy atom. The summed E-state index contributed by atoms with van der Waals surface area (Å²) >= 11 is 0. The number of nitriles is 2. The lowest BCUT2D eigenvalue weighted by Gasteiger charge is -2.27. The Labute approximate surface area is 341 Å². The van der Waals surface area contributed by atoms with Crippen LogP contribution in [0.5, 0.6) is 0 Å². The van der Waals surface area contributed by atoms with Gasteiger partial charge >= 0.3 is 0 Å². The van der Waals surface area contributed by atoms with Gasteiger partial charge < -0.3 is 14.2 Å². The predicted octanol–water partition coefficient (Wildman–Crippen LogP) is 14.4. The summed E-state index contributed by atoms with van der Waals surface area (Å²) in [5.41, 5.74) is 13.0. The summed E-state index contributed by atoms with van der Waals surface area (Å²) in [7, 11) is 0. The Balaban J connectivity index is 1.21. The van der Waals surface area contributed by atoms with E-state index in [0.717, 1.165) is 55.9 Å². The van der Waals surface area contributed by atoms with Gasteiger partial charge in [0, 0.05) is 50.0 Å². The maximum absolute atomic E-state index is 9.99. The first-order chi connectivity index (χ1) is 29.0. The monoisotopic (exact) mass is 753 g/mol. The quantitative estimate of drug-likeness (QED) is 0.170. The van der Waals surface area contributed by atoms with Gasteiger partial charge in [0.2, 0.25) is 0 Å². The van der Waals surface area contributed by atoms with E-state index in [2.05, 4.69) is 180 Å². The second kappa shape index (κ2) is 13.2. The minimum atomic E-state index is 0.613. The molecule has 11 rings (SSSR count). The fraction of sp³-hybridized carbons (Fsp3) is 0.0370. The molecule has 2 aromatic heterocycles. The van der Waals surface area contributed by atoms with E-state index in [9.17, 15) is 10.5 Å². The summed E-state index contributed by atoms with van der Waals surface area (Å²) < 4.78 is 2.46. The number of fused-ring (bicyclic) bond motifs is 9. The van der Waals surface area contributed by atoms with E-state index < -0.39 is 0 Å². The molecule has 5 heteroatoms. The number of anilines is 6. The lowest BCUT2D eigenvalue weighted by Crippen LogP contribution is -2.10. The van der Waals surface area contributed by atoms with Gasteiger partial charge in [0.1, 0.15) is 0 Å². The molecule has 0 aliphatic rings. The van der Waals surface area contributed by atoms with E-state index in [-0.39, 0.29) is 0 Å². The van der Waals surface area contributed by atoms with Crippen molar-refractivity contribution in [1.82, 2.24) is 4.40 Å². The predicted molar refractivity (Wildman–Crippen MR) is 244 cm³/mol. The fourth-order valence-electron chi connectivity index (χ4n) is 9.05. The van der Waals surface area contributed by atoms with Crippen LogP contribution < -0.4 is 9.80 Å². The number of aryl methyl sites for hydroxylation is 2. The molecule has 0 saturated carbocycles. The zero-order valence-electron chi connectivity index (χ0n) is 32.5. The molecule has 0 aliphatic carbocycles. The molecule has 59 heavy (non-hydrogen) atoms. The second-order valence-corrected chi connectivity index (χ2v) is 15.4. The van der Waals surface area contributed by atoms with Crippen LogP contribution in [0.25, 0.3) is 59.6 Å². The highest BCUT2D eigenvalue weighted by Crippen LogP contribution is 2.49. The van der Waals surface area contributed by atoms with Crippen molar-refractivity contribution in [2.24, 2.45) is 0 Å². The molecule has 0 bridgehead atoms. The molecule has 0 atom stereocenters. The highest BCUT2D eigenvalue weighted by molar-refractivity contribution is 6.32. The SMILES string of the molecule is Cc1ccc(N(c2cccc(C#N)c2)c2ccc3cc4c5ccc(N(c6ccc(C)cc6)c6cccc(C#N)c6)c6c7c8ccccc8ccc7n(c4cc3c2)c56)cc1. The van der Waals surface area contributed by atoms with Crippen LogP contribution in [0.15, 0.2) is 176 Å². The smallest absolute Gasteiger partial charge is 0.0992 e. The van der Waals surface area contributed by atoms with Gasteiger partial charge in [0.15, 0.2) is 0 Å². The first-order valence-corrected chi connectivity index (χ1v) is 19.8. The van der Waals surface area contributed by atoms with Gasteiger partial charge in [-0.3, -0.25) is 0 Å². The summed E-state index contributed by atoms with van der Waals surface area (Å²) in [5, 5.41) is 29.2. The second-order valence-electron chi connectivity index (χ2n) is 15.4. The number of aromatic nitrogens is 1. The van der Waals surface area contributed by atoms with Crippen LogP contribution >= 0.6 is 0 Å². The van der Waals surface area contributed by atoms with Crippen LogP contribution in [0.4, 0.5) is 34.1 Å². The van der Waals surface area contributed by atoms with Gasteiger partial charge in [0.05, 0.1) is 45.5 Å². The molecule has 0 N–H and O–H groups in total. The van der Waals surface area contributed by atoms with E-state index in [1.54, 1.807) is 0 Å². The molecule has 0 unspecified atom stereocenters. The molecule has 0 amide bonds. The first kappa shape index (κ1) is 34.2. The van der Waals surface area contributed by atoms with Crippen molar-refractivity contribution in [3.63, 3.8) is 0 Å². The zero-order chi connectivity index (χ0) is 39.8. The van der Waals surface area contributed by atoms with E-state index in [0.29, 0.717) is 11.1 Å². The maximum Gasteiger partial charge on any atom is 0.0992 e. The Kier molecular flexibility index (Phi) is 7.66. The van der Waals surface area contributed by atoms with Gasteiger partial charge in [-0.25, -0.2) is 0 Å². The molecule has 9 aromatic carbocycles. The van der Waals surface area contributed by atoms with Crippen LogP contribution in [0, 0.1) is 36.5 Å². The fourth-order valence-corrected chi connectivity index (χ4v) is 9.05. The van der Waals surface area contributed by atoms with Crippen LogP contribution in [-0.4, -0.2) is 4.40 Å². The van der Waals surface area contributed by atoms with Crippen molar-refractivity contribution >= 4 is 93.8 Å². The van der Waals surface area contributed by atoms with Gasteiger partial charge in [0.25, 0.3) is 0 Å². The van der Waals surface area contributed by atoms with Gasteiger partial charge in [-0.15, -0.1) is 0 Å². The number of hydrogen-bond donors (Lipinski definition) is 0. The van der Waals surface area contributed by atoms with Gasteiger partial charge in [-0.1, -0.05) is 90.0 Å². The molecule has 11 aromatic rings. The van der Waals surface area contributed by atoms with Crippen molar-refractivity contribution in [2.75, 3.05) is 9.80 Å². The summed E-state index contributed by atoms with van der Waals surface area (Å²) in [6.07, 6.45) is 0. The van der Waals surface area contributed by atoms with E-state index in [1.807, 2.05) is 36.4 Å². The lowest BCUT2D eigenvalue weighted by molar-refractivity contribution is 1.28. The molecule has 0 spiro atoms. The Bertz CT molecular complexity index is 3550. The zero-order valence-corrected chi connectivity index (χ0v) is 32.5. The van der Waals surface area contributed by atoms with Gasteiger partial charge in [-0.2, -0.15) is 10.5 Å².